The largest absolute Gasteiger partial charge is 0.322 e. The zero-order chi connectivity index (χ0) is 14.1. The first kappa shape index (κ1) is 13.9. The van der Waals surface area contributed by atoms with Gasteiger partial charge < -0.3 is 5.32 Å². The molecule has 0 atom stereocenters. The molecule has 5 heteroatoms. The summed E-state index contributed by atoms with van der Waals surface area (Å²) in [7, 11) is 0. The van der Waals surface area contributed by atoms with Crippen molar-refractivity contribution >= 4 is 67.2 Å². The lowest BCUT2D eigenvalue weighted by Crippen LogP contribution is -2.11. The molecule has 3 aromatic rings. The molecule has 20 heavy (non-hydrogen) atoms. The maximum absolute atomic E-state index is 12.2. The topological polar surface area (TPSA) is 29.1 Å². The highest BCUT2D eigenvalue weighted by Gasteiger charge is 2.08. The van der Waals surface area contributed by atoms with Gasteiger partial charge in [0.2, 0.25) is 0 Å². The standard InChI is InChI=1S/C15H9ClINOS/c16-12-8-10(1-3-13(12)17)15(19)18-11-2-4-14-9(7-11)5-6-20-14/h1-8H,(H,18,19). The molecule has 2 aromatic carbocycles. The van der Waals surface area contributed by atoms with Crippen LogP contribution >= 0.6 is 45.5 Å². The summed E-state index contributed by atoms with van der Waals surface area (Å²) in [5.41, 5.74) is 1.34. The van der Waals surface area contributed by atoms with Gasteiger partial charge >= 0.3 is 0 Å². The van der Waals surface area contributed by atoms with Crippen molar-refractivity contribution in [3.05, 3.63) is 62.0 Å². The average Bonchev–Trinajstić information content (AvgIpc) is 2.89. The minimum absolute atomic E-state index is 0.155. The molecular formula is C15H9ClINOS. The predicted octanol–water partition coefficient (Wildman–Crippen LogP) is 5.41. The molecule has 1 N–H and O–H groups in total. The number of carbonyl (C=O) groups is 1. The van der Waals surface area contributed by atoms with Crippen LogP contribution in [-0.4, -0.2) is 5.91 Å². The fourth-order valence-electron chi connectivity index (χ4n) is 1.89. The molecule has 0 fully saturated rings. The van der Waals surface area contributed by atoms with E-state index in [1.165, 1.54) is 4.70 Å². The molecule has 3 rings (SSSR count). The smallest absolute Gasteiger partial charge is 0.255 e. The lowest BCUT2D eigenvalue weighted by molar-refractivity contribution is 0.102. The van der Waals surface area contributed by atoms with Gasteiger partial charge in [0.15, 0.2) is 0 Å². The number of rotatable bonds is 2. The van der Waals surface area contributed by atoms with Crippen molar-refractivity contribution < 1.29 is 4.79 Å². The van der Waals surface area contributed by atoms with E-state index in [1.54, 1.807) is 23.5 Å². The Morgan fingerprint density at radius 2 is 2.00 bits per heavy atom. The van der Waals surface area contributed by atoms with Crippen molar-refractivity contribution in [2.45, 2.75) is 0 Å². The third-order valence-electron chi connectivity index (χ3n) is 2.89. The van der Waals surface area contributed by atoms with E-state index in [0.717, 1.165) is 14.6 Å². The van der Waals surface area contributed by atoms with E-state index in [9.17, 15) is 4.79 Å². The molecule has 0 saturated carbocycles. The van der Waals surface area contributed by atoms with Crippen LogP contribution in [0.15, 0.2) is 47.8 Å². The van der Waals surface area contributed by atoms with Gasteiger partial charge in [0, 0.05) is 19.5 Å². The molecule has 0 radical (unpaired) electrons. The van der Waals surface area contributed by atoms with Crippen LogP contribution in [0.2, 0.25) is 5.02 Å². The van der Waals surface area contributed by atoms with Crippen molar-refractivity contribution in [3.63, 3.8) is 0 Å². The molecule has 0 aliphatic heterocycles. The van der Waals surface area contributed by atoms with Crippen LogP contribution in [0.5, 0.6) is 0 Å². The first-order valence-electron chi connectivity index (χ1n) is 5.87. The van der Waals surface area contributed by atoms with Crippen molar-refractivity contribution in [2.75, 3.05) is 5.32 Å². The van der Waals surface area contributed by atoms with E-state index < -0.39 is 0 Å². The second kappa shape index (κ2) is 5.71. The second-order valence-electron chi connectivity index (χ2n) is 4.26. The summed E-state index contributed by atoms with van der Waals surface area (Å²) >= 11 is 9.86. The first-order valence-corrected chi connectivity index (χ1v) is 8.21. The Kier molecular flexibility index (Phi) is 3.96. The van der Waals surface area contributed by atoms with E-state index in [1.807, 2.05) is 35.7 Å². The minimum Gasteiger partial charge on any atom is -0.322 e. The Bertz CT molecular complexity index is 799. The van der Waals surface area contributed by atoms with Gasteiger partial charge in [-0.2, -0.15) is 0 Å². The molecule has 2 nitrogen and oxygen atoms in total. The maximum atomic E-state index is 12.2. The third-order valence-corrected chi connectivity index (χ3v) is 5.36. The minimum atomic E-state index is -0.155. The quantitative estimate of drug-likeness (QED) is 0.559. The summed E-state index contributed by atoms with van der Waals surface area (Å²) < 4.78 is 2.14. The number of hydrogen-bond donors (Lipinski definition) is 1. The Labute approximate surface area is 138 Å². The zero-order valence-electron chi connectivity index (χ0n) is 10.2. The highest BCUT2D eigenvalue weighted by Crippen LogP contribution is 2.25. The predicted molar refractivity (Wildman–Crippen MR) is 93.9 cm³/mol. The van der Waals surface area contributed by atoms with Crippen molar-refractivity contribution in [1.29, 1.82) is 0 Å². The molecular weight excluding hydrogens is 405 g/mol. The molecule has 0 spiro atoms. The monoisotopic (exact) mass is 413 g/mol. The van der Waals surface area contributed by atoms with Gasteiger partial charge in [-0.25, -0.2) is 0 Å². The molecule has 1 heterocycles. The summed E-state index contributed by atoms with van der Waals surface area (Å²) in [4.78, 5) is 12.2. The number of fused-ring (bicyclic) bond motifs is 1. The van der Waals surface area contributed by atoms with Gasteiger partial charge in [-0.15, -0.1) is 11.3 Å². The SMILES string of the molecule is O=C(Nc1ccc2sccc2c1)c1ccc(I)c(Cl)c1. The van der Waals surface area contributed by atoms with Gasteiger partial charge in [0.25, 0.3) is 5.91 Å². The number of thiophene rings is 1. The van der Waals surface area contributed by atoms with Gasteiger partial charge in [0.1, 0.15) is 0 Å². The Balaban J connectivity index is 1.85. The molecule has 0 saturated heterocycles. The number of nitrogens with one attached hydrogen (secondary N) is 1. The summed E-state index contributed by atoms with van der Waals surface area (Å²) in [5, 5.41) is 6.65. The number of hydrogen-bond acceptors (Lipinski definition) is 2. The molecule has 1 aromatic heterocycles. The Morgan fingerprint density at radius 1 is 1.15 bits per heavy atom. The van der Waals surface area contributed by atoms with Crippen molar-refractivity contribution in [3.8, 4) is 0 Å². The first-order chi connectivity index (χ1) is 9.63. The van der Waals surface area contributed by atoms with Gasteiger partial charge in [-0.05, 0) is 75.8 Å². The normalized spacial score (nSPS) is 10.7. The van der Waals surface area contributed by atoms with E-state index >= 15 is 0 Å². The molecule has 100 valence electrons. The van der Waals surface area contributed by atoms with Crippen LogP contribution in [0.25, 0.3) is 10.1 Å². The molecule has 1 amide bonds. The summed E-state index contributed by atoms with van der Waals surface area (Å²) in [6.45, 7) is 0. The summed E-state index contributed by atoms with van der Waals surface area (Å²) in [6.07, 6.45) is 0. The van der Waals surface area contributed by atoms with E-state index in [4.69, 9.17) is 11.6 Å². The number of halogens is 2. The summed E-state index contributed by atoms with van der Waals surface area (Å²) in [5.74, 6) is -0.155. The van der Waals surface area contributed by atoms with Crippen molar-refractivity contribution in [1.82, 2.24) is 0 Å². The van der Waals surface area contributed by atoms with Crippen LogP contribution < -0.4 is 5.32 Å². The number of anilines is 1. The van der Waals surface area contributed by atoms with E-state index in [0.29, 0.717) is 10.6 Å². The molecule has 0 aliphatic rings. The highest BCUT2D eigenvalue weighted by molar-refractivity contribution is 14.1. The van der Waals surface area contributed by atoms with Crippen LogP contribution in [0, 0.1) is 3.57 Å². The lowest BCUT2D eigenvalue weighted by Gasteiger charge is -2.06. The average molecular weight is 414 g/mol. The number of amides is 1. The molecule has 0 unspecified atom stereocenters. The zero-order valence-corrected chi connectivity index (χ0v) is 13.9. The lowest BCUT2D eigenvalue weighted by atomic mass is 10.2. The number of benzene rings is 2. The van der Waals surface area contributed by atoms with Gasteiger partial charge in [-0.3, -0.25) is 4.79 Å². The molecule has 0 bridgehead atoms. The van der Waals surface area contributed by atoms with Crippen LogP contribution in [-0.2, 0) is 0 Å². The van der Waals surface area contributed by atoms with E-state index in [2.05, 4.69) is 27.9 Å². The third kappa shape index (κ3) is 2.82. The fourth-order valence-corrected chi connectivity index (χ4v) is 3.17. The van der Waals surface area contributed by atoms with Crippen LogP contribution in [0.3, 0.4) is 0 Å². The Morgan fingerprint density at radius 3 is 2.80 bits per heavy atom. The van der Waals surface area contributed by atoms with E-state index in [-0.39, 0.29) is 5.91 Å². The second-order valence-corrected chi connectivity index (χ2v) is 6.77. The fraction of sp³-hybridized carbons (Fsp3) is 0. The highest BCUT2D eigenvalue weighted by atomic mass is 127. The maximum Gasteiger partial charge on any atom is 0.255 e. The summed E-state index contributed by atoms with van der Waals surface area (Å²) in [6, 6.07) is 13.2. The van der Waals surface area contributed by atoms with Gasteiger partial charge in [0.05, 0.1) is 5.02 Å². The van der Waals surface area contributed by atoms with Gasteiger partial charge in [-0.1, -0.05) is 11.6 Å². The van der Waals surface area contributed by atoms with Crippen molar-refractivity contribution in [2.24, 2.45) is 0 Å². The number of carbonyl (C=O) groups excluding carboxylic acids is 1. The van der Waals surface area contributed by atoms with Crippen LogP contribution in [0.1, 0.15) is 10.4 Å². The van der Waals surface area contributed by atoms with Crippen LogP contribution in [0.4, 0.5) is 5.69 Å². The Hall–Kier alpha value is -1.11. The molecule has 0 aliphatic carbocycles.